The van der Waals surface area contributed by atoms with Crippen LogP contribution < -0.4 is 0 Å². The van der Waals surface area contributed by atoms with Crippen molar-refractivity contribution < 1.29 is 19.8 Å². The highest BCUT2D eigenvalue weighted by Gasteiger charge is 2.28. The van der Waals surface area contributed by atoms with Crippen molar-refractivity contribution in [3.63, 3.8) is 0 Å². The van der Waals surface area contributed by atoms with Gasteiger partial charge in [-0.3, -0.25) is 0 Å². The Morgan fingerprint density at radius 1 is 0.788 bits per heavy atom. The molecule has 4 heteroatoms. The van der Waals surface area contributed by atoms with Gasteiger partial charge in [0.2, 0.25) is 0 Å². The van der Waals surface area contributed by atoms with Crippen LogP contribution in [0.4, 0.5) is 0 Å². The highest BCUT2D eigenvalue weighted by atomic mass is 16.4. The zero-order chi connectivity index (χ0) is 23.5. The summed E-state index contributed by atoms with van der Waals surface area (Å²) >= 11 is 0. The summed E-state index contributed by atoms with van der Waals surface area (Å²) in [6.07, 6.45) is 5.20. The number of rotatable bonds is 7. The van der Waals surface area contributed by atoms with Gasteiger partial charge in [-0.15, -0.1) is 0 Å². The SMILES string of the molecule is CC(C)Cc1ccc(C2CCCC2)c(-c2ccccc2C(=O)O)c1-c1ccccc1C(=O)O. The number of aromatic carboxylic acids is 2. The minimum Gasteiger partial charge on any atom is -0.478 e. The number of carboxylic acids is 2. The molecular weight excluding hydrogens is 412 g/mol. The fourth-order valence-electron chi connectivity index (χ4n) is 5.22. The van der Waals surface area contributed by atoms with Gasteiger partial charge >= 0.3 is 11.9 Å². The van der Waals surface area contributed by atoms with E-state index >= 15 is 0 Å². The Bertz CT molecular complexity index is 1190. The molecule has 0 spiro atoms. The van der Waals surface area contributed by atoms with Gasteiger partial charge in [0, 0.05) is 0 Å². The van der Waals surface area contributed by atoms with Crippen molar-refractivity contribution >= 4 is 11.9 Å². The minimum atomic E-state index is -0.982. The van der Waals surface area contributed by atoms with Gasteiger partial charge in [-0.2, -0.15) is 0 Å². The molecule has 0 aliphatic heterocycles. The van der Waals surface area contributed by atoms with Crippen molar-refractivity contribution in [2.24, 2.45) is 5.92 Å². The summed E-state index contributed by atoms with van der Waals surface area (Å²) in [7, 11) is 0. The lowest BCUT2D eigenvalue weighted by Crippen LogP contribution is -2.09. The Kier molecular flexibility index (Phi) is 6.64. The van der Waals surface area contributed by atoms with Crippen molar-refractivity contribution in [1.82, 2.24) is 0 Å². The molecule has 0 bridgehead atoms. The van der Waals surface area contributed by atoms with E-state index in [9.17, 15) is 19.8 Å². The van der Waals surface area contributed by atoms with Gasteiger partial charge in [0.25, 0.3) is 0 Å². The fourth-order valence-corrected chi connectivity index (χ4v) is 5.22. The van der Waals surface area contributed by atoms with Gasteiger partial charge in [-0.05, 0) is 76.6 Å². The number of carboxylic acid groups (broad SMARTS) is 2. The van der Waals surface area contributed by atoms with E-state index in [1.807, 2.05) is 24.3 Å². The van der Waals surface area contributed by atoms with Crippen LogP contribution >= 0.6 is 0 Å². The van der Waals surface area contributed by atoms with Gasteiger partial charge in [-0.1, -0.05) is 75.2 Å². The summed E-state index contributed by atoms with van der Waals surface area (Å²) in [5, 5.41) is 20.0. The molecule has 0 heterocycles. The Hall–Kier alpha value is -3.40. The maximum absolute atomic E-state index is 12.2. The highest BCUT2D eigenvalue weighted by molar-refractivity contribution is 6.04. The maximum atomic E-state index is 12.2. The normalized spacial score (nSPS) is 14.0. The molecule has 3 aromatic carbocycles. The van der Waals surface area contributed by atoms with E-state index in [2.05, 4.69) is 26.0 Å². The Balaban J connectivity index is 2.14. The number of hydrogen-bond acceptors (Lipinski definition) is 2. The van der Waals surface area contributed by atoms with Crippen molar-refractivity contribution in [3.8, 4) is 22.3 Å². The first kappa shape index (κ1) is 22.8. The van der Waals surface area contributed by atoms with Gasteiger partial charge in [0.15, 0.2) is 0 Å². The zero-order valence-corrected chi connectivity index (χ0v) is 19.2. The fraction of sp³-hybridized carbons (Fsp3) is 0.310. The molecule has 0 radical (unpaired) electrons. The maximum Gasteiger partial charge on any atom is 0.336 e. The summed E-state index contributed by atoms with van der Waals surface area (Å²) in [4.78, 5) is 24.4. The second kappa shape index (κ2) is 9.62. The van der Waals surface area contributed by atoms with E-state index < -0.39 is 11.9 Å². The average Bonchev–Trinajstić information content (AvgIpc) is 3.33. The monoisotopic (exact) mass is 442 g/mol. The van der Waals surface area contributed by atoms with Crippen LogP contribution in [-0.4, -0.2) is 22.2 Å². The van der Waals surface area contributed by atoms with Crippen LogP contribution in [0, 0.1) is 5.92 Å². The molecule has 1 aliphatic carbocycles. The molecule has 3 aromatic rings. The number of carbonyl (C=O) groups is 2. The average molecular weight is 443 g/mol. The standard InChI is InChI=1S/C29H30O4/c1-18(2)17-20-15-16-21(19-9-3-4-10-19)27(23-12-6-8-14-25(23)29(32)33)26(20)22-11-5-7-13-24(22)28(30)31/h5-8,11-16,18-19H,3-4,9-10,17H2,1-2H3,(H,30,31)(H,32,33). The van der Waals surface area contributed by atoms with Gasteiger partial charge in [0.05, 0.1) is 11.1 Å². The summed E-state index contributed by atoms with van der Waals surface area (Å²) in [5.41, 5.74) is 5.71. The lowest BCUT2D eigenvalue weighted by molar-refractivity contribution is 0.0686. The second-order valence-corrected chi connectivity index (χ2v) is 9.34. The largest absolute Gasteiger partial charge is 0.478 e. The van der Waals surface area contributed by atoms with E-state index in [1.165, 1.54) is 0 Å². The third kappa shape index (κ3) is 4.56. The first-order chi connectivity index (χ1) is 15.9. The van der Waals surface area contributed by atoms with Crippen LogP contribution in [0.1, 0.15) is 77.3 Å². The molecule has 170 valence electrons. The third-order valence-electron chi connectivity index (χ3n) is 6.60. The third-order valence-corrected chi connectivity index (χ3v) is 6.60. The molecule has 0 unspecified atom stereocenters. The molecule has 1 saturated carbocycles. The Labute approximate surface area is 194 Å². The van der Waals surface area contributed by atoms with E-state index in [4.69, 9.17) is 0 Å². The van der Waals surface area contributed by atoms with E-state index in [1.54, 1.807) is 24.3 Å². The Morgan fingerprint density at radius 2 is 1.30 bits per heavy atom. The molecule has 1 aliphatic rings. The molecule has 4 rings (SSSR count). The number of hydrogen-bond donors (Lipinski definition) is 2. The first-order valence-electron chi connectivity index (χ1n) is 11.7. The first-order valence-corrected chi connectivity index (χ1v) is 11.7. The molecule has 0 atom stereocenters. The summed E-state index contributed by atoms with van der Waals surface area (Å²) < 4.78 is 0. The summed E-state index contributed by atoms with van der Waals surface area (Å²) in [6, 6.07) is 18.5. The van der Waals surface area contributed by atoms with Crippen molar-refractivity contribution in [2.45, 2.75) is 51.9 Å². The second-order valence-electron chi connectivity index (χ2n) is 9.34. The van der Waals surface area contributed by atoms with Gasteiger partial charge < -0.3 is 10.2 Å². The summed E-state index contributed by atoms with van der Waals surface area (Å²) in [6.45, 7) is 4.28. The minimum absolute atomic E-state index is 0.236. The predicted molar refractivity (Wildman–Crippen MR) is 131 cm³/mol. The molecule has 33 heavy (non-hydrogen) atoms. The quantitative estimate of drug-likeness (QED) is 0.403. The van der Waals surface area contributed by atoms with E-state index in [-0.39, 0.29) is 11.1 Å². The van der Waals surface area contributed by atoms with Crippen LogP contribution in [0.25, 0.3) is 22.3 Å². The zero-order valence-electron chi connectivity index (χ0n) is 19.2. The lowest BCUT2D eigenvalue weighted by Gasteiger charge is -2.25. The lowest BCUT2D eigenvalue weighted by atomic mass is 9.78. The number of benzene rings is 3. The molecule has 0 saturated heterocycles. The van der Waals surface area contributed by atoms with E-state index in [0.29, 0.717) is 23.0 Å². The molecular formula is C29H30O4. The van der Waals surface area contributed by atoms with Crippen LogP contribution in [0.3, 0.4) is 0 Å². The molecule has 0 aromatic heterocycles. The Morgan fingerprint density at radius 3 is 1.82 bits per heavy atom. The van der Waals surface area contributed by atoms with Crippen LogP contribution in [0.5, 0.6) is 0 Å². The van der Waals surface area contributed by atoms with Crippen molar-refractivity contribution in [2.75, 3.05) is 0 Å². The van der Waals surface area contributed by atoms with Crippen molar-refractivity contribution in [1.29, 1.82) is 0 Å². The smallest absolute Gasteiger partial charge is 0.336 e. The van der Waals surface area contributed by atoms with Crippen molar-refractivity contribution in [3.05, 3.63) is 82.9 Å². The van der Waals surface area contributed by atoms with Gasteiger partial charge in [-0.25, -0.2) is 9.59 Å². The molecule has 2 N–H and O–H groups in total. The van der Waals surface area contributed by atoms with Crippen LogP contribution in [0.15, 0.2) is 60.7 Å². The topological polar surface area (TPSA) is 74.6 Å². The predicted octanol–water partition coefficient (Wildman–Crippen LogP) is 7.27. The van der Waals surface area contributed by atoms with Crippen LogP contribution in [-0.2, 0) is 6.42 Å². The molecule has 0 amide bonds. The molecule has 1 fully saturated rings. The van der Waals surface area contributed by atoms with Crippen LogP contribution in [0.2, 0.25) is 0 Å². The van der Waals surface area contributed by atoms with E-state index in [0.717, 1.165) is 54.4 Å². The molecule has 4 nitrogen and oxygen atoms in total. The summed E-state index contributed by atoms with van der Waals surface area (Å²) in [5.74, 6) is -1.26. The van der Waals surface area contributed by atoms with Gasteiger partial charge in [0.1, 0.15) is 0 Å². The highest BCUT2D eigenvalue weighted by Crippen LogP contribution is 2.47.